The molecule has 0 bridgehead atoms. The minimum Gasteiger partial charge on any atom is -0.343 e. The Balaban J connectivity index is 1.78. The molecule has 2 heterocycles. The first-order valence-electron chi connectivity index (χ1n) is 6.79. The molecule has 0 unspecified atom stereocenters. The van der Waals surface area contributed by atoms with Crippen molar-refractivity contribution in [1.29, 1.82) is 0 Å². The molecular formula is C13H24N2O. The minimum atomic E-state index is 0.337. The molecule has 2 aliphatic heterocycles. The van der Waals surface area contributed by atoms with Crippen LogP contribution in [0.2, 0.25) is 0 Å². The smallest absolute Gasteiger partial charge is 0.222 e. The quantitative estimate of drug-likeness (QED) is 0.773. The van der Waals surface area contributed by atoms with Crippen molar-refractivity contribution in [1.82, 2.24) is 10.2 Å². The van der Waals surface area contributed by atoms with Gasteiger partial charge in [-0.1, -0.05) is 6.92 Å². The summed E-state index contributed by atoms with van der Waals surface area (Å²) in [6.07, 6.45) is 5.81. The number of nitrogens with one attached hydrogen (secondary N) is 1. The molecule has 0 spiro atoms. The van der Waals surface area contributed by atoms with Crippen molar-refractivity contribution in [3.8, 4) is 0 Å². The maximum absolute atomic E-state index is 11.6. The molecule has 1 N–H and O–H groups in total. The highest BCUT2D eigenvalue weighted by atomic mass is 16.2. The Hall–Kier alpha value is -0.570. The lowest BCUT2D eigenvalue weighted by molar-refractivity contribution is -0.132. The molecule has 0 radical (unpaired) electrons. The van der Waals surface area contributed by atoms with Crippen molar-refractivity contribution in [2.75, 3.05) is 26.2 Å². The van der Waals surface area contributed by atoms with Crippen molar-refractivity contribution in [2.45, 2.75) is 39.0 Å². The average Bonchev–Trinajstić information content (AvgIpc) is 2.39. The normalized spacial score (nSPS) is 24.7. The van der Waals surface area contributed by atoms with Crippen LogP contribution in [-0.4, -0.2) is 37.0 Å². The molecule has 0 saturated carbocycles. The van der Waals surface area contributed by atoms with Gasteiger partial charge in [0.1, 0.15) is 0 Å². The SMILES string of the molecule is CCC(=O)N1CCC(C2CCNCC2)CC1. The summed E-state index contributed by atoms with van der Waals surface area (Å²) in [6.45, 7) is 6.35. The van der Waals surface area contributed by atoms with Crippen LogP contribution < -0.4 is 5.32 Å². The van der Waals surface area contributed by atoms with Gasteiger partial charge in [-0.25, -0.2) is 0 Å². The van der Waals surface area contributed by atoms with Crippen molar-refractivity contribution in [2.24, 2.45) is 11.8 Å². The van der Waals surface area contributed by atoms with E-state index in [1.54, 1.807) is 0 Å². The summed E-state index contributed by atoms with van der Waals surface area (Å²) in [5.74, 6) is 2.13. The van der Waals surface area contributed by atoms with E-state index in [1.807, 2.05) is 6.92 Å². The fraction of sp³-hybridized carbons (Fsp3) is 0.923. The van der Waals surface area contributed by atoms with Gasteiger partial charge in [-0.3, -0.25) is 4.79 Å². The number of carbonyl (C=O) groups is 1. The lowest BCUT2D eigenvalue weighted by Crippen LogP contribution is -2.41. The van der Waals surface area contributed by atoms with Crippen LogP contribution in [0.1, 0.15) is 39.0 Å². The van der Waals surface area contributed by atoms with Gasteiger partial charge in [0.25, 0.3) is 0 Å². The molecule has 2 saturated heterocycles. The molecule has 2 fully saturated rings. The maximum atomic E-state index is 11.6. The molecule has 0 aliphatic carbocycles. The molecule has 0 aromatic rings. The predicted octanol–water partition coefficient (Wildman–Crippen LogP) is 1.63. The first-order valence-corrected chi connectivity index (χ1v) is 6.79. The summed E-state index contributed by atoms with van der Waals surface area (Å²) in [5, 5.41) is 3.43. The van der Waals surface area contributed by atoms with Gasteiger partial charge in [-0.15, -0.1) is 0 Å². The number of carbonyl (C=O) groups excluding carboxylic acids is 1. The van der Waals surface area contributed by atoms with E-state index in [2.05, 4.69) is 10.2 Å². The van der Waals surface area contributed by atoms with E-state index >= 15 is 0 Å². The second-order valence-corrected chi connectivity index (χ2v) is 5.16. The zero-order valence-corrected chi connectivity index (χ0v) is 10.4. The average molecular weight is 224 g/mol. The Labute approximate surface area is 98.6 Å². The lowest BCUT2D eigenvalue weighted by Gasteiger charge is -2.37. The number of hydrogen-bond acceptors (Lipinski definition) is 2. The Kier molecular flexibility index (Phi) is 4.22. The number of nitrogens with zero attached hydrogens (tertiary/aromatic N) is 1. The summed E-state index contributed by atoms with van der Waals surface area (Å²) in [7, 11) is 0. The monoisotopic (exact) mass is 224 g/mol. The van der Waals surface area contributed by atoms with E-state index in [0.29, 0.717) is 12.3 Å². The van der Waals surface area contributed by atoms with Gasteiger partial charge in [0.2, 0.25) is 5.91 Å². The number of hydrogen-bond donors (Lipinski definition) is 1. The highest BCUT2D eigenvalue weighted by Gasteiger charge is 2.28. The third-order valence-corrected chi connectivity index (χ3v) is 4.25. The second kappa shape index (κ2) is 5.67. The molecule has 3 nitrogen and oxygen atoms in total. The number of rotatable bonds is 2. The molecule has 16 heavy (non-hydrogen) atoms. The minimum absolute atomic E-state index is 0.337. The summed E-state index contributed by atoms with van der Waals surface area (Å²) in [6, 6.07) is 0. The van der Waals surface area contributed by atoms with Gasteiger partial charge in [0, 0.05) is 19.5 Å². The lowest BCUT2D eigenvalue weighted by atomic mass is 9.79. The van der Waals surface area contributed by atoms with Crippen LogP contribution in [0, 0.1) is 11.8 Å². The van der Waals surface area contributed by atoms with Gasteiger partial charge in [-0.05, 0) is 50.6 Å². The molecule has 2 aliphatic rings. The molecular weight excluding hydrogens is 200 g/mol. The largest absolute Gasteiger partial charge is 0.343 e. The zero-order chi connectivity index (χ0) is 11.4. The van der Waals surface area contributed by atoms with Crippen LogP contribution in [0.5, 0.6) is 0 Å². The molecule has 0 aromatic carbocycles. The Morgan fingerprint density at radius 3 is 2.25 bits per heavy atom. The standard InChI is InChI=1S/C13H24N2O/c1-2-13(16)15-9-5-12(6-10-15)11-3-7-14-8-4-11/h11-12,14H,2-10H2,1H3. The molecule has 0 aromatic heterocycles. The van der Waals surface area contributed by atoms with Gasteiger partial charge in [0.05, 0.1) is 0 Å². The first kappa shape index (κ1) is 11.9. The van der Waals surface area contributed by atoms with E-state index in [0.717, 1.165) is 24.9 Å². The number of amides is 1. The van der Waals surface area contributed by atoms with Crippen LogP contribution in [0.3, 0.4) is 0 Å². The fourth-order valence-corrected chi connectivity index (χ4v) is 3.16. The summed E-state index contributed by atoms with van der Waals surface area (Å²) in [5.41, 5.74) is 0. The Bertz CT molecular complexity index is 228. The summed E-state index contributed by atoms with van der Waals surface area (Å²) in [4.78, 5) is 13.6. The van der Waals surface area contributed by atoms with Crippen molar-refractivity contribution >= 4 is 5.91 Å². The topological polar surface area (TPSA) is 32.3 Å². The molecule has 92 valence electrons. The number of piperidine rings is 2. The maximum Gasteiger partial charge on any atom is 0.222 e. The third-order valence-electron chi connectivity index (χ3n) is 4.25. The molecule has 2 rings (SSSR count). The highest BCUT2D eigenvalue weighted by molar-refractivity contribution is 5.75. The molecule has 3 heteroatoms. The Morgan fingerprint density at radius 1 is 1.12 bits per heavy atom. The zero-order valence-electron chi connectivity index (χ0n) is 10.4. The van der Waals surface area contributed by atoms with Crippen LogP contribution in [0.4, 0.5) is 0 Å². The summed E-state index contributed by atoms with van der Waals surface area (Å²) < 4.78 is 0. The summed E-state index contributed by atoms with van der Waals surface area (Å²) >= 11 is 0. The van der Waals surface area contributed by atoms with E-state index in [4.69, 9.17) is 0 Å². The second-order valence-electron chi connectivity index (χ2n) is 5.16. The molecule has 1 amide bonds. The van der Waals surface area contributed by atoms with Crippen LogP contribution in [0.25, 0.3) is 0 Å². The van der Waals surface area contributed by atoms with Gasteiger partial charge < -0.3 is 10.2 Å². The van der Waals surface area contributed by atoms with E-state index in [1.165, 1.54) is 38.8 Å². The van der Waals surface area contributed by atoms with Gasteiger partial charge in [-0.2, -0.15) is 0 Å². The Morgan fingerprint density at radius 2 is 1.69 bits per heavy atom. The van der Waals surface area contributed by atoms with Crippen molar-refractivity contribution < 1.29 is 4.79 Å². The van der Waals surface area contributed by atoms with Crippen molar-refractivity contribution in [3.05, 3.63) is 0 Å². The van der Waals surface area contributed by atoms with Crippen LogP contribution in [-0.2, 0) is 4.79 Å². The fourth-order valence-electron chi connectivity index (χ4n) is 3.16. The number of likely N-dealkylation sites (tertiary alicyclic amines) is 1. The van der Waals surface area contributed by atoms with E-state index in [-0.39, 0.29) is 0 Å². The van der Waals surface area contributed by atoms with Crippen molar-refractivity contribution in [3.63, 3.8) is 0 Å². The predicted molar refractivity (Wildman–Crippen MR) is 65.2 cm³/mol. The highest BCUT2D eigenvalue weighted by Crippen LogP contribution is 2.30. The third kappa shape index (κ3) is 2.76. The molecule has 0 atom stereocenters. The van der Waals surface area contributed by atoms with Gasteiger partial charge >= 0.3 is 0 Å². The van der Waals surface area contributed by atoms with Crippen LogP contribution >= 0.6 is 0 Å². The van der Waals surface area contributed by atoms with E-state index < -0.39 is 0 Å². The van der Waals surface area contributed by atoms with Gasteiger partial charge in [0.15, 0.2) is 0 Å². The first-order chi connectivity index (χ1) is 7.81. The van der Waals surface area contributed by atoms with Crippen LogP contribution in [0.15, 0.2) is 0 Å². The van der Waals surface area contributed by atoms with E-state index in [9.17, 15) is 4.79 Å².